The van der Waals surface area contributed by atoms with Crippen molar-refractivity contribution in [2.24, 2.45) is 0 Å². The van der Waals surface area contributed by atoms with Crippen LogP contribution in [0.1, 0.15) is 25.8 Å². The summed E-state index contributed by atoms with van der Waals surface area (Å²) in [6.45, 7) is 4.77. The highest BCUT2D eigenvalue weighted by molar-refractivity contribution is 6.33. The molecule has 0 spiro atoms. The normalized spacial score (nSPS) is 10.4. The number of rotatable bonds is 5. The molecule has 4 heteroatoms. The van der Waals surface area contributed by atoms with E-state index in [-0.39, 0.29) is 12.6 Å². The molecular formula is C13H17ClN2O. The van der Waals surface area contributed by atoms with Gasteiger partial charge in [-0.05, 0) is 31.5 Å². The highest BCUT2D eigenvalue weighted by Crippen LogP contribution is 2.28. The Morgan fingerprint density at radius 3 is 2.65 bits per heavy atom. The Balaban J connectivity index is 2.98. The third kappa shape index (κ3) is 3.62. The molecule has 1 aromatic carbocycles. The number of hydrogen-bond acceptors (Lipinski definition) is 3. The SMILES string of the molecule is CC(C)N(CCC#N)c1ccc(CO)cc1Cl. The average molecular weight is 253 g/mol. The van der Waals surface area contributed by atoms with Gasteiger partial charge in [-0.1, -0.05) is 17.7 Å². The summed E-state index contributed by atoms with van der Waals surface area (Å²) in [5.74, 6) is 0. The molecule has 0 aliphatic rings. The highest BCUT2D eigenvalue weighted by atomic mass is 35.5. The summed E-state index contributed by atoms with van der Waals surface area (Å²) < 4.78 is 0. The van der Waals surface area contributed by atoms with Gasteiger partial charge in [-0.3, -0.25) is 0 Å². The molecule has 1 rings (SSSR count). The summed E-state index contributed by atoms with van der Waals surface area (Å²) in [6.07, 6.45) is 0.469. The van der Waals surface area contributed by atoms with Crippen LogP contribution in [0.25, 0.3) is 0 Å². The summed E-state index contributed by atoms with van der Waals surface area (Å²) >= 11 is 6.19. The Bertz CT molecular complexity index is 412. The number of aliphatic hydroxyl groups excluding tert-OH is 1. The maximum atomic E-state index is 9.03. The zero-order valence-electron chi connectivity index (χ0n) is 10.2. The molecule has 0 aliphatic heterocycles. The number of hydrogen-bond donors (Lipinski definition) is 1. The van der Waals surface area contributed by atoms with E-state index in [1.54, 1.807) is 6.07 Å². The fourth-order valence-electron chi connectivity index (χ4n) is 1.71. The van der Waals surface area contributed by atoms with E-state index in [2.05, 4.69) is 24.8 Å². The number of anilines is 1. The van der Waals surface area contributed by atoms with Gasteiger partial charge in [0.15, 0.2) is 0 Å². The van der Waals surface area contributed by atoms with E-state index < -0.39 is 0 Å². The average Bonchev–Trinajstić information content (AvgIpc) is 2.30. The second-order valence-electron chi connectivity index (χ2n) is 4.14. The van der Waals surface area contributed by atoms with E-state index in [1.807, 2.05) is 12.1 Å². The Morgan fingerprint density at radius 1 is 1.47 bits per heavy atom. The van der Waals surface area contributed by atoms with Gasteiger partial charge in [0.1, 0.15) is 0 Å². The van der Waals surface area contributed by atoms with Crippen molar-refractivity contribution >= 4 is 17.3 Å². The molecule has 0 unspecified atom stereocenters. The first-order chi connectivity index (χ1) is 8.10. The minimum absolute atomic E-state index is 0.0140. The maximum Gasteiger partial charge on any atom is 0.0682 e. The molecule has 0 saturated heterocycles. The predicted octanol–water partition coefficient (Wildman–Crippen LogP) is 2.96. The minimum Gasteiger partial charge on any atom is -0.392 e. The molecule has 0 atom stereocenters. The third-order valence-electron chi connectivity index (χ3n) is 2.59. The first kappa shape index (κ1) is 13.8. The number of halogens is 1. The van der Waals surface area contributed by atoms with Gasteiger partial charge in [-0.25, -0.2) is 0 Å². The van der Waals surface area contributed by atoms with Gasteiger partial charge in [-0.2, -0.15) is 5.26 Å². The first-order valence-corrected chi connectivity index (χ1v) is 6.00. The summed E-state index contributed by atoms with van der Waals surface area (Å²) in [5.41, 5.74) is 1.71. The van der Waals surface area contributed by atoms with Crippen LogP contribution >= 0.6 is 11.6 Å². The van der Waals surface area contributed by atoms with Crippen LogP contribution in [0.2, 0.25) is 5.02 Å². The van der Waals surface area contributed by atoms with Gasteiger partial charge in [0, 0.05) is 12.6 Å². The van der Waals surface area contributed by atoms with E-state index in [0.717, 1.165) is 11.3 Å². The van der Waals surface area contributed by atoms with Gasteiger partial charge >= 0.3 is 0 Å². The molecule has 0 fully saturated rings. The molecule has 0 saturated carbocycles. The Labute approximate surface area is 107 Å². The number of aliphatic hydroxyl groups is 1. The van der Waals surface area contributed by atoms with Gasteiger partial charge in [0.25, 0.3) is 0 Å². The highest BCUT2D eigenvalue weighted by Gasteiger charge is 2.13. The van der Waals surface area contributed by atoms with Crippen molar-refractivity contribution < 1.29 is 5.11 Å². The smallest absolute Gasteiger partial charge is 0.0682 e. The Morgan fingerprint density at radius 2 is 2.18 bits per heavy atom. The largest absolute Gasteiger partial charge is 0.392 e. The second-order valence-corrected chi connectivity index (χ2v) is 4.55. The predicted molar refractivity (Wildman–Crippen MR) is 70.1 cm³/mol. The molecule has 0 aliphatic carbocycles. The summed E-state index contributed by atoms with van der Waals surface area (Å²) in [4.78, 5) is 2.09. The molecular weight excluding hydrogens is 236 g/mol. The van der Waals surface area contributed by atoms with Crippen molar-refractivity contribution in [3.63, 3.8) is 0 Å². The van der Waals surface area contributed by atoms with Crippen LogP contribution < -0.4 is 4.90 Å². The zero-order valence-corrected chi connectivity index (χ0v) is 10.9. The van der Waals surface area contributed by atoms with E-state index >= 15 is 0 Å². The first-order valence-electron chi connectivity index (χ1n) is 5.63. The van der Waals surface area contributed by atoms with Crippen LogP contribution in [0.3, 0.4) is 0 Å². The molecule has 1 N–H and O–H groups in total. The van der Waals surface area contributed by atoms with Crippen molar-refractivity contribution in [1.29, 1.82) is 5.26 Å². The maximum absolute atomic E-state index is 9.03. The molecule has 0 amide bonds. The second kappa shape index (κ2) is 6.48. The van der Waals surface area contributed by atoms with Crippen molar-refractivity contribution in [1.82, 2.24) is 0 Å². The molecule has 3 nitrogen and oxygen atoms in total. The van der Waals surface area contributed by atoms with E-state index in [0.29, 0.717) is 18.0 Å². The zero-order chi connectivity index (χ0) is 12.8. The van der Waals surface area contributed by atoms with Crippen LogP contribution in [0, 0.1) is 11.3 Å². The van der Waals surface area contributed by atoms with E-state index in [1.165, 1.54) is 0 Å². The molecule has 0 heterocycles. The number of benzene rings is 1. The van der Waals surface area contributed by atoms with Gasteiger partial charge in [0.05, 0.1) is 29.8 Å². The topological polar surface area (TPSA) is 47.3 Å². The molecule has 17 heavy (non-hydrogen) atoms. The quantitative estimate of drug-likeness (QED) is 0.877. The standard InChI is InChI=1S/C13H17ClN2O/c1-10(2)16(7-3-6-15)13-5-4-11(9-17)8-12(13)14/h4-5,8,10,17H,3,7,9H2,1-2H3. The van der Waals surface area contributed by atoms with Crippen LogP contribution in [-0.2, 0) is 6.61 Å². The van der Waals surface area contributed by atoms with Crippen LogP contribution in [0.4, 0.5) is 5.69 Å². The lowest BCUT2D eigenvalue weighted by atomic mass is 10.1. The summed E-state index contributed by atoms with van der Waals surface area (Å²) in [5, 5.41) is 18.3. The van der Waals surface area contributed by atoms with E-state index in [9.17, 15) is 0 Å². The Kier molecular flexibility index (Phi) is 5.27. The third-order valence-corrected chi connectivity index (χ3v) is 2.89. The fourth-order valence-corrected chi connectivity index (χ4v) is 2.02. The summed E-state index contributed by atoms with van der Waals surface area (Å²) in [6, 6.07) is 7.93. The molecule has 0 radical (unpaired) electrons. The lowest BCUT2D eigenvalue weighted by Gasteiger charge is -2.29. The molecule has 92 valence electrons. The molecule has 0 bridgehead atoms. The number of nitrogens with zero attached hydrogens (tertiary/aromatic N) is 2. The van der Waals surface area contributed by atoms with Gasteiger partial charge in [0.2, 0.25) is 0 Å². The van der Waals surface area contributed by atoms with E-state index in [4.69, 9.17) is 22.0 Å². The monoisotopic (exact) mass is 252 g/mol. The van der Waals surface area contributed by atoms with Crippen molar-refractivity contribution in [3.05, 3.63) is 28.8 Å². The lowest BCUT2D eigenvalue weighted by Crippen LogP contribution is -2.31. The van der Waals surface area contributed by atoms with Crippen molar-refractivity contribution in [3.8, 4) is 6.07 Å². The van der Waals surface area contributed by atoms with Crippen LogP contribution in [0.5, 0.6) is 0 Å². The van der Waals surface area contributed by atoms with Crippen LogP contribution in [-0.4, -0.2) is 17.7 Å². The minimum atomic E-state index is -0.0140. The molecule has 1 aromatic rings. The van der Waals surface area contributed by atoms with Crippen molar-refractivity contribution in [2.75, 3.05) is 11.4 Å². The van der Waals surface area contributed by atoms with Gasteiger partial charge in [-0.15, -0.1) is 0 Å². The van der Waals surface area contributed by atoms with Crippen molar-refractivity contribution in [2.45, 2.75) is 32.9 Å². The van der Waals surface area contributed by atoms with Crippen LogP contribution in [0.15, 0.2) is 18.2 Å². The molecule has 0 aromatic heterocycles. The Hall–Kier alpha value is -1.24. The van der Waals surface area contributed by atoms with Gasteiger partial charge < -0.3 is 10.0 Å². The summed E-state index contributed by atoms with van der Waals surface area (Å²) in [7, 11) is 0. The number of nitriles is 1. The fraction of sp³-hybridized carbons (Fsp3) is 0.462. The lowest BCUT2D eigenvalue weighted by molar-refractivity contribution is 0.282.